The van der Waals surface area contributed by atoms with E-state index in [9.17, 15) is 6.17 Å². The lowest BCUT2D eigenvalue weighted by Crippen LogP contribution is -2.65. The molecular weight excluding hydrogens is 278 g/mol. The minimum absolute atomic E-state index is 0.0558. The summed E-state index contributed by atoms with van der Waals surface area (Å²) in [4.78, 5) is 15.0. The topological polar surface area (TPSA) is 38.8 Å². The Morgan fingerprint density at radius 3 is 3.23 bits per heavy atom. The maximum atomic E-state index is 13.1. The third-order valence-corrected chi connectivity index (χ3v) is 5.86. The fourth-order valence-corrected chi connectivity index (χ4v) is 4.86. The van der Waals surface area contributed by atoms with Crippen LogP contribution >= 0.6 is 0 Å². The molecule has 1 spiro atoms. The molecule has 0 radical (unpaired) electrons. The van der Waals surface area contributed by atoms with Gasteiger partial charge in [0.15, 0.2) is 23.4 Å². The van der Waals surface area contributed by atoms with Crippen LogP contribution in [0.4, 0.5) is 0 Å². The number of likely N-dealkylation sites (tertiary alicyclic amines) is 1. The highest BCUT2D eigenvalue weighted by atomic mass is 16.5. The number of nitrogens with zero attached hydrogens (tertiary/aromatic N) is 1. The summed E-state index contributed by atoms with van der Waals surface area (Å²) in [5.74, 6) is -0.482. The van der Waals surface area contributed by atoms with Crippen molar-refractivity contribution in [1.29, 1.82) is 0 Å². The number of rotatable bonds is 1. The highest BCUT2D eigenvalue weighted by Gasteiger charge is 2.65. The Morgan fingerprint density at radius 2 is 2.41 bits per heavy atom. The van der Waals surface area contributed by atoms with Gasteiger partial charge in [-0.3, -0.25) is 4.79 Å². The van der Waals surface area contributed by atoms with Gasteiger partial charge in [0, 0.05) is 27.5 Å². The molecule has 2 heterocycles. The van der Waals surface area contributed by atoms with Crippen LogP contribution in [0.25, 0.3) is 0 Å². The van der Waals surface area contributed by atoms with Gasteiger partial charge in [-0.05, 0) is 50.4 Å². The molecule has 2 aliphatic carbocycles. The number of carbonyl (C=O) groups excluding carboxylic acids is 1. The highest BCUT2D eigenvalue weighted by Crippen LogP contribution is 2.62. The number of hydrogen-bond donors (Lipinski definition) is 0. The number of ketones is 1. The first-order valence-electron chi connectivity index (χ1n) is 9.77. The molecule has 0 amide bonds. The number of likely N-dealkylation sites (N-methyl/N-ethyl adjacent to an activating group) is 1. The molecule has 2 fully saturated rings. The van der Waals surface area contributed by atoms with Crippen LogP contribution in [0, 0.1) is 5.92 Å². The lowest BCUT2D eigenvalue weighted by atomic mass is 9.52. The van der Waals surface area contributed by atoms with Gasteiger partial charge in [-0.15, -0.1) is 0 Å². The van der Waals surface area contributed by atoms with E-state index in [0.29, 0.717) is 30.9 Å². The lowest BCUT2D eigenvalue weighted by molar-refractivity contribution is -0.138. The number of ether oxygens (including phenoxy) is 2. The van der Waals surface area contributed by atoms with E-state index in [1.165, 1.54) is 7.11 Å². The second kappa shape index (κ2) is 4.05. The SMILES string of the molecule is [2H]C1([2H])C[C@H]2[C@@]3([2H])Cc4ccc(OC)c5c4[C@@]2(CCN3C)C([2H])(O5)C1=O. The molecule has 2 aliphatic heterocycles. The first kappa shape index (κ1) is 9.56. The van der Waals surface area contributed by atoms with Gasteiger partial charge in [0.05, 0.1) is 8.48 Å². The molecule has 4 atom stereocenters. The maximum absolute atomic E-state index is 13.1. The predicted octanol–water partition coefficient (Wildman–Crippen LogP) is 1.93. The Kier molecular flexibility index (Phi) is 1.76. The molecule has 0 N–H and O–H groups in total. The van der Waals surface area contributed by atoms with Crippen LogP contribution in [-0.4, -0.2) is 43.5 Å². The van der Waals surface area contributed by atoms with Gasteiger partial charge in [0.1, 0.15) is 0 Å². The van der Waals surface area contributed by atoms with E-state index in [-0.39, 0.29) is 6.42 Å². The monoisotopic (exact) mass is 303 g/mol. The minimum atomic E-state index is -2.19. The summed E-state index contributed by atoms with van der Waals surface area (Å²) < 4.78 is 46.2. The number of carbonyl (C=O) groups is 1. The third-order valence-electron chi connectivity index (χ3n) is 5.86. The van der Waals surface area contributed by atoms with E-state index in [1.807, 2.05) is 18.0 Å². The van der Waals surface area contributed by atoms with Crippen molar-refractivity contribution in [2.24, 2.45) is 5.92 Å². The van der Waals surface area contributed by atoms with Crippen molar-refractivity contribution in [2.75, 3.05) is 20.7 Å². The van der Waals surface area contributed by atoms with Crippen LogP contribution in [0.3, 0.4) is 0 Å². The molecule has 116 valence electrons. The molecule has 4 nitrogen and oxygen atoms in total. The summed E-state index contributed by atoms with van der Waals surface area (Å²) >= 11 is 0. The van der Waals surface area contributed by atoms with Crippen molar-refractivity contribution < 1.29 is 19.8 Å². The van der Waals surface area contributed by atoms with E-state index in [0.717, 1.165) is 11.1 Å². The number of piperidine rings is 1. The van der Waals surface area contributed by atoms with Gasteiger partial charge in [-0.25, -0.2) is 0 Å². The molecule has 1 aromatic carbocycles. The summed E-state index contributed by atoms with van der Waals surface area (Å²) in [6.45, 7) is 0.566. The van der Waals surface area contributed by atoms with Crippen LogP contribution in [0.5, 0.6) is 11.5 Å². The third kappa shape index (κ3) is 1.27. The minimum Gasteiger partial charge on any atom is -0.493 e. The van der Waals surface area contributed by atoms with Crippen LogP contribution in [0.15, 0.2) is 12.1 Å². The Hall–Kier alpha value is -1.55. The summed E-state index contributed by atoms with van der Waals surface area (Å²) in [5.41, 5.74) is 0.709. The molecule has 1 unspecified atom stereocenters. The van der Waals surface area contributed by atoms with Crippen LogP contribution in [0.1, 0.15) is 35.8 Å². The van der Waals surface area contributed by atoms with Gasteiger partial charge in [0.2, 0.25) is 0 Å². The van der Waals surface area contributed by atoms with Gasteiger partial charge in [0.25, 0.3) is 0 Å². The zero-order chi connectivity index (χ0) is 18.7. The van der Waals surface area contributed by atoms with Crippen molar-refractivity contribution >= 4 is 5.78 Å². The van der Waals surface area contributed by atoms with E-state index in [4.69, 9.17) is 13.6 Å². The van der Waals surface area contributed by atoms with E-state index in [2.05, 4.69) is 0 Å². The molecule has 4 heteroatoms. The Labute approximate surface area is 136 Å². The van der Waals surface area contributed by atoms with Crippen molar-refractivity contribution in [3.63, 3.8) is 0 Å². The zero-order valence-corrected chi connectivity index (χ0v) is 12.7. The molecule has 1 saturated carbocycles. The normalized spacial score (nSPS) is 50.1. The van der Waals surface area contributed by atoms with E-state index in [1.54, 1.807) is 6.07 Å². The second-order valence-electron chi connectivity index (χ2n) is 6.64. The summed E-state index contributed by atoms with van der Waals surface area (Å²) in [5, 5.41) is 0. The van der Waals surface area contributed by atoms with Crippen molar-refractivity contribution in [1.82, 2.24) is 4.90 Å². The smallest absolute Gasteiger partial charge is 0.174 e. The largest absolute Gasteiger partial charge is 0.493 e. The van der Waals surface area contributed by atoms with Gasteiger partial charge in [-0.2, -0.15) is 0 Å². The maximum Gasteiger partial charge on any atom is 0.174 e. The van der Waals surface area contributed by atoms with Crippen molar-refractivity contribution in [3.8, 4) is 11.5 Å². The van der Waals surface area contributed by atoms with E-state index >= 15 is 0 Å². The number of methoxy groups -OCH3 is 1. The number of benzene rings is 1. The molecule has 4 aliphatic rings. The average Bonchev–Trinajstić information content (AvgIpc) is 2.85. The first-order chi connectivity index (χ1) is 12.1. The zero-order valence-electron chi connectivity index (χ0n) is 16.7. The van der Waals surface area contributed by atoms with E-state index < -0.39 is 35.6 Å². The van der Waals surface area contributed by atoms with Gasteiger partial charge >= 0.3 is 0 Å². The average molecular weight is 303 g/mol. The van der Waals surface area contributed by atoms with Crippen LogP contribution in [-0.2, 0) is 16.6 Å². The molecular formula is C18H21NO3. The van der Waals surface area contributed by atoms with Crippen LogP contribution < -0.4 is 9.47 Å². The molecule has 0 aromatic heterocycles. The predicted molar refractivity (Wildman–Crippen MR) is 81.6 cm³/mol. The quantitative estimate of drug-likeness (QED) is 0.795. The van der Waals surface area contributed by atoms with Gasteiger partial charge < -0.3 is 14.4 Å². The Bertz CT molecular complexity index is 861. The Balaban J connectivity index is 1.89. The molecule has 5 rings (SSSR count). The number of Topliss-reactive ketones (excluding diaryl/α,β-unsaturated/α-hetero) is 1. The standard InChI is InChI=1S/C18H21NO3/c1-19-8-7-18-11-4-5-13(20)17(18)22-16-14(21-2)6-3-10(15(16)18)9-12(11)19/h3,6,11-12,17H,4-5,7-9H2,1-2H3/t11-,12+,17?,18-/m0/s1/i5D2,12D,17D. The summed E-state index contributed by atoms with van der Waals surface area (Å²) in [7, 11) is 3.39. The lowest BCUT2D eigenvalue weighted by Gasteiger charge is -2.57. The highest BCUT2D eigenvalue weighted by molar-refractivity contribution is 5.89. The molecule has 2 bridgehead atoms. The van der Waals surface area contributed by atoms with Crippen LogP contribution in [0.2, 0.25) is 0 Å². The van der Waals surface area contributed by atoms with Crippen molar-refractivity contribution in [2.45, 2.75) is 43.1 Å². The number of hydrogen-bond acceptors (Lipinski definition) is 4. The second-order valence-corrected chi connectivity index (χ2v) is 6.64. The molecule has 1 aromatic rings. The molecule has 22 heavy (non-hydrogen) atoms. The van der Waals surface area contributed by atoms with Gasteiger partial charge in [-0.1, -0.05) is 6.07 Å². The fraction of sp³-hybridized carbons (Fsp3) is 0.611. The summed E-state index contributed by atoms with van der Waals surface area (Å²) in [6, 6.07) is 2.59. The Morgan fingerprint density at radius 1 is 1.55 bits per heavy atom. The van der Waals surface area contributed by atoms with Crippen molar-refractivity contribution in [3.05, 3.63) is 23.3 Å². The fourth-order valence-electron chi connectivity index (χ4n) is 4.86. The summed E-state index contributed by atoms with van der Waals surface area (Å²) in [6.07, 6.45) is -3.38. The molecule has 1 saturated heterocycles. The first-order valence-corrected chi connectivity index (χ1v) is 7.77.